The van der Waals surface area contributed by atoms with Gasteiger partial charge in [-0.15, -0.1) is 0 Å². The van der Waals surface area contributed by atoms with Crippen LogP contribution in [0.4, 0.5) is 0 Å². The van der Waals surface area contributed by atoms with E-state index in [-0.39, 0.29) is 12.0 Å². The van der Waals surface area contributed by atoms with Crippen molar-refractivity contribution in [3.8, 4) is 0 Å². The standard InChI is InChI=1S/C9H20N2O2/c1-3-8(12)5-6-11-9(13)7-10-4-2/h8,10,12H,3-7H2,1-2H3,(H,11,13). The number of aliphatic hydroxyl groups is 1. The van der Waals surface area contributed by atoms with Crippen molar-refractivity contribution in [2.75, 3.05) is 19.6 Å². The van der Waals surface area contributed by atoms with Crippen LogP contribution in [-0.2, 0) is 4.79 Å². The second kappa shape index (κ2) is 8.01. The normalized spacial score (nSPS) is 12.5. The topological polar surface area (TPSA) is 61.4 Å². The summed E-state index contributed by atoms with van der Waals surface area (Å²) in [5, 5.41) is 14.8. The van der Waals surface area contributed by atoms with Crippen LogP contribution in [0.25, 0.3) is 0 Å². The molecule has 0 aliphatic carbocycles. The largest absolute Gasteiger partial charge is 0.393 e. The van der Waals surface area contributed by atoms with Gasteiger partial charge in [-0.3, -0.25) is 4.79 Å². The Kier molecular flexibility index (Phi) is 7.63. The molecule has 0 aliphatic heterocycles. The molecule has 0 aromatic rings. The fraction of sp³-hybridized carbons (Fsp3) is 0.889. The van der Waals surface area contributed by atoms with Gasteiger partial charge in [0.05, 0.1) is 12.6 Å². The number of rotatable bonds is 7. The number of aliphatic hydroxyl groups excluding tert-OH is 1. The molecule has 0 saturated carbocycles. The number of amides is 1. The van der Waals surface area contributed by atoms with Crippen LogP contribution < -0.4 is 10.6 Å². The molecule has 1 atom stereocenters. The Hall–Kier alpha value is -0.610. The summed E-state index contributed by atoms with van der Waals surface area (Å²) in [5.74, 6) is -0.00912. The van der Waals surface area contributed by atoms with Crippen LogP contribution in [0.3, 0.4) is 0 Å². The number of likely N-dealkylation sites (N-methyl/N-ethyl adjacent to an activating group) is 1. The molecule has 0 fully saturated rings. The van der Waals surface area contributed by atoms with E-state index >= 15 is 0 Å². The van der Waals surface area contributed by atoms with Crippen molar-refractivity contribution in [1.29, 1.82) is 0 Å². The summed E-state index contributed by atoms with van der Waals surface area (Å²) in [5.41, 5.74) is 0. The van der Waals surface area contributed by atoms with E-state index < -0.39 is 0 Å². The lowest BCUT2D eigenvalue weighted by molar-refractivity contribution is -0.120. The molecule has 1 unspecified atom stereocenters. The van der Waals surface area contributed by atoms with Gasteiger partial charge >= 0.3 is 0 Å². The number of hydrogen-bond acceptors (Lipinski definition) is 3. The molecule has 0 aromatic heterocycles. The summed E-state index contributed by atoms with van der Waals surface area (Å²) in [6, 6.07) is 0. The van der Waals surface area contributed by atoms with E-state index in [0.717, 1.165) is 13.0 Å². The molecule has 0 spiro atoms. The Morgan fingerprint density at radius 3 is 2.69 bits per heavy atom. The van der Waals surface area contributed by atoms with Gasteiger partial charge in [0.25, 0.3) is 0 Å². The second-order valence-electron chi connectivity index (χ2n) is 2.98. The third-order valence-corrected chi connectivity index (χ3v) is 1.81. The predicted octanol–water partition coefficient (Wildman–Crippen LogP) is -0.127. The first-order valence-corrected chi connectivity index (χ1v) is 4.86. The Balaban J connectivity index is 3.26. The van der Waals surface area contributed by atoms with Crippen LogP contribution in [-0.4, -0.2) is 36.8 Å². The van der Waals surface area contributed by atoms with Crippen molar-refractivity contribution in [3.05, 3.63) is 0 Å². The maximum atomic E-state index is 11.0. The van der Waals surface area contributed by atoms with Crippen LogP contribution in [0.15, 0.2) is 0 Å². The van der Waals surface area contributed by atoms with Gasteiger partial charge in [0.15, 0.2) is 0 Å². The molecule has 0 heterocycles. The minimum absolute atomic E-state index is 0.00912. The van der Waals surface area contributed by atoms with E-state index in [0.29, 0.717) is 19.5 Å². The Morgan fingerprint density at radius 2 is 2.15 bits per heavy atom. The van der Waals surface area contributed by atoms with Gasteiger partial charge < -0.3 is 15.7 Å². The molecule has 4 nitrogen and oxygen atoms in total. The highest BCUT2D eigenvalue weighted by molar-refractivity contribution is 5.77. The van der Waals surface area contributed by atoms with E-state index in [9.17, 15) is 9.90 Å². The molecular weight excluding hydrogens is 168 g/mol. The first-order valence-electron chi connectivity index (χ1n) is 4.86. The summed E-state index contributed by atoms with van der Waals surface area (Å²) in [7, 11) is 0. The van der Waals surface area contributed by atoms with Gasteiger partial charge in [-0.1, -0.05) is 13.8 Å². The highest BCUT2D eigenvalue weighted by Gasteiger charge is 2.02. The van der Waals surface area contributed by atoms with Gasteiger partial charge in [0, 0.05) is 6.54 Å². The zero-order chi connectivity index (χ0) is 10.1. The zero-order valence-corrected chi connectivity index (χ0v) is 8.47. The molecule has 0 saturated heterocycles. The fourth-order valence-electron chi connectivity index (χ4n) is 0.883. The molecule has 0 rings (SSSR count). The van der Waals surface area contributed by atoms with Crippen molar-refractivity contribution in [2.45, 2.75) is 32.8 Å². The van der Waals surface area contributed by atoms with Gasteiger partial charge in [-0.05, 0) is 19.4 Å². The van der Waals surface area contributed by atoms with E-state index in [1.807, 2.05) is 13.8 Å². The van der Waals surface area contributed by atoms with Crippen LogP contribution in [0.1, 0.15) is 26.7 Å². The molecule has 0 aromatic carbocycles. The van der Waals surface area contributed by atoms with Crippen molar-refractivity contribution >= 4 is 5.91 Å². The molecule has 4 heteroatoms. The Bertz CT molecular complexity index is 140. The van der Waals surface area contributed by atoms with Crippen LogP contribution in [0.2, 0.25) is 0 Å². The molecule has 13 heavy (non-hydrogen) atoms. The average Bonchev–Trinajstić information content (AvgIpc) is 2.14. The quantitative estimate of drug-likeness (QED) is 0.521. The van der Waals surface area contributed by atoms with Crippen LogP contribution in [0, 0.1) is 0 Å². The molecule has 0 aliphatic rings. The first-order chi connectivity index (χ1) is 6.20. The van der Waals surface area contributed by atoms with Gasteiger partial charge in [-0.25, -0.2) is 0 Å². The number of hydrogen-bond donors (Lipinski definition) is 3. The SMILES string of the molecule is CCNCC(=O)NCCC(O)CC. The summed E-state index contributed by atoms with van der Waals surface area (Å²) in [4.78, 5) is 11.0. The summed E-state index contributed by atoms with van der Waals surface area (Å²) < 4.78 is 0. The van der Waals surface area contributed by atoms with Gasteiger partial charge in [-0.2, -0.15) is 0 Å². The first kappa shape index (κ1) is 12.4. The average molecular weight is 188 g/mol. The van der Waals surface area contributed by atoms with E-state index in [1.165, 1.54) is 0 Å². The van der Waals surface area contributed by atoms with Crippen LogP contribution >= 0.6 is 0 Å². The molecule has 3 N–H and O–H groups in total. The third kappa shape index (κ3) is 7.74. The fourth-order valence-corrected chi connectivity index (χ4v) is 0.883. The van der Waals surface area contributed by atoms with E-state index in [2.05, 4.69) is 10.6 Å². The van der Waals surface area contributed by atoms with Crippen molar-refractivity contribution in [3.63, 3.8) is 0 Å². The molecule has 78 valence electrons. The van der Waals surface area contributed by atoms with E-state index in [1.54, 1.807) is 0 Å². The minimum Gasteiger partial charge on any atom is -0.393 e. The van der Waals surface area contributed by atoms with E-state index in [4.69, 9.17) is 0 Å². The molecule has 1 amide bonds. The van der Waals surface area contributed by atoms with Crippen molar-refractivity contribution < 1.29 is 9.90 Å². The molecule has 0 bridgehead atoms. The smallest absolute Gasteiger partial charge is 0.233 e. The van der Waals surface area contributed by atoms with Crippen molar-refractivity contribution in [2.24, 2.45) is 0 Å². The summed E-state index contributed by atoms with van der Waals surface area (Å²) in [6.07, 6.45) is 1.08. The second-order valence-corrected chi connectivity index (χ2v) is 2.98. The molecule has 0 radical (unpaired) electrons. The lowest BCUT2D eigenvalue weighted by Crippen LogP contribution is -2.35. The lowest BCUT2D eigenvalue weighted by Gasteiger charge is -2.08. The Labute approximate surface area is 79.7 Å². The number of carbonyl (C=O) groups is 1. The predicted molar refractivity (Wildman–Crippen MR) is 52.5 cm³/mol. The Morgan fingerprint density at radius 1 is 1.46 bits per heavy atom. The minimum atomic E-state index is -0.292. The van der Waals surface area contributed by atoms with Crippen LogP contribution in [0.5, 0.6) is 0 Å². The number of carbonyl (C=O) groups excluding carboxylic acids is 1. The number of nitrogens with one attached hydrogen (secondary N) is 2. The lowest BCUT2D eigenvalue weighted by atomic mass is 10.2. The monoisotopic (exact) mass is 188 g/mol. The summed E-state index contributed by atoms with van der Waals surface area (Å²) >= 11 is 0. The van der Waals surface area contributed by atoms with Gasteiger partial charge in [0.1, 0.15) is 0 Å². The highest BCUT2D eigenvalue weighted by Crippen LogP contribution is 1.93. The third-order valence-electron chi connectivity index (χ3n) is 1.81. The highest BCUT2D eigenvalue weighted by atomic mass is 16.3. The molecular formula is C9H20N2O2. The zero-order valence-electron chi connectivity index (χ0n) is 8.47. The van der Waals surface area contributed by atoms with Crippen molar-refractivity contribution in [1.82, 2.24) is 10.6 Å². The maximum absolute atomic E-state index is 11.0. The maximum Gasteiger partial charge on any atom is 0.233 e. The summed E-state index contributed by atoms with van der Waals surface area (Å²) in [6.45, 7) is 5.59. The van der Waals surface area contributed by atoms with Gasteiger partial charge in [0.2, 0.25) is 5.91 Å².